The van der Waals surface area contributed by atoms with Crippen molar-refractivity contribution < 1.29 is 14.3 Å². The molecule has 5 heteroatoms. The Balaban J connectivity index is 2.42. The molecule has 20 heavy (non-hydrogen) atoms. The van der Waals surface area contributed by atoms with Gasteiger partial charge in [-0.3, -0.25) is 9.69 Å². The summed E-state index contributed by atoms with van der Waals surface area (Å²) in [6.07, 6.45) is -0.498. The van der Waals surface area contributed by atoms with Gasteiger partial charge in [-0.05, 0) is 30.5 Å². The molecule has 5 nitrogen and oxygen atoms in total. The molecular weight excluding hydrogens is 256 g/mol. The van der Waals surface area contributed by atoms with Gasteiger partial charge in [0.25, 0.3) is 5.91 Å². The summed E-state index contributed by atoms with van der Waals surface area (Å²) in [5.74, 6) is 0.909. The average molecular weight is 278 g/mol. The minimum atomic E-state index is -0.498. The molecule has 0 radical (unpaired) electrons. The zero-order chi connectivity index (χ0) is 14.9. The van der Waals surface area contributed by atoms with E-state index in [2.05, 4.69) is 13.8 Å². The first-order valence-corrected chi connectivity index (χ1v) is 6.82. The van der Waals surface area contributed by atoms with Crippen LogP contribution in [0.1, 0.15) is 32.4 Å². The highest BCUT2D eigenvalue weighted by atomic mass is 16.5. The molecule has 1 amide bonds. The second kappa shape index (κ2) is 5.81. The minimum absolute atomic E-state index is 0.0702. The quantitative estimate of drug-likeness (QED) is 0.915. The molecule has 0 aliphatic carbocycles. The first-order valence-electron chi connectivity index (χ1n) is 6.82. The van der Waals surface area contributed by atoms with E-state index in [1.807, 2.05) is 18.2 Å². The van der Waals surface area contributed by atoms with Gasteiger partial charge in [-0.25, -0.2) is 0 Å². The van der Waals surface area contributed by atoms with Crippen LogP contribution in [-0.2, 0) is 9.53 Å². The minimum Gasteiger partial charge on any atom is -0.479 e. The zero-order valence-electron chi connectivity index (χ0n) is 12.4. The van der Waals surface area contributed by atoms with Crippen LogP contribution >= 0.6 is 0 Å². The van der Waals surface area contributed by atoms with Crippen LogP contribution in [0.5, 0.6) is 5.75 Å². The summed E-state index contributed by atoms with van der Waals surface area (Å²) in [5, 5.41) is 0. The van der Waals surface area contributed by atoms with E-state index in [1.54, 1.807) is 18.9 Å². The van der Waals surface area contributed by atoms with Crippen molar-refractivity contribution in [2.75, 3.05) is 18.7 Å². The maximum atomic E-state index is 12.2. The van der Waals surface area contributed by atoms with E-state index in [4.69, 9.17) is 15.2 Å². The smallest absolute Gasteiger partial charge is 0.269 e. The Morgan fingerprint density at radius 3 is 2.75 bits per heavy atom. The lowest BCUT2D eigenvalue weighted by atomic mass is 9.96. The number of fused-ring (bicyclic) bond motifs is 1. The van der Waals surface area contributed by atoms with E-state index < -0.39 is 6.10 Å². The number of anilines is 1. The molecule has 1 aliphatic rings. The number of methoxy groups -OCH3 is 1. The number of carbonyl (C=O) groups excluding carboxylic acids is 1. The molecule has 2 N–H and O–H groups in total. The lowest BCUT2D eigenvalue weighted by molar-refractivity contribution is -0.126. The molecule has 1 aromatic carbocycles. The lowest BCUT2D eigenvalue weighted by Gasteiger charge is -2.33. The van der Waals surface area contributed by atoms with E-state index >= 15 is 0 Å². The molecule has 0 spiro atoms. The molecule has 2 rings (SSSR count). The van der Waals surface area contributed by atoms with Gasteiger partial charge in [-0.15, -0.1) is 0 Å². The van der Waals surface area contributed by atoms with Gasteiger partial charge in [0.1, 0.15) is 12.5 Å². The highest BCUT2D eigenvalue weighted by Crippen LogP contribution is 2.36. The highest BCUT2D eigenvalue weighted by molar-refractivity contribution is 5.99. The summed E-state index contributed by atoms with van der Waals surface area (Å²) in [6, 6.07) is 5.68. The molecule has 1 heterocycles. The van der Waals surface area contributed by atoms with Crippen LogP contribution in [0.25, 0.3) is 0 Å². The van der Waals surface area contributed by atoms with Crippen LogP contribution in [0.4, 0.5) is 5.69 Å². The topological polar surface area (TPSA) is 64.8 Å². The van der Waals surface area contributed by atoms with Gasteiger partial charge in [-0.1, -0.05) is 19.9 Å². The predicted molar refractivity (Wildman–Crippen MR) is 77.7 cm³/mol. The maximum absolute atomic E-state index is 12.2. The number of rotatable bonds is 4. The van der Waals surface area contributed by atoms with Gasteiger partial charge in [0.15, 0.2) is 6.10 Å². The Labute approximate surface area is 119 Å². The number of hydrogen-bond donors (Lipinski definition) is 1. The molecule has 0 saturated heterocycles. The Morgan fingerprint density at radius 2 is 2.15 bits per heavy atom. The van der Waals surface area contributed by atoms with Crippen molar-refractivity contribution in [1.29, 1.82) is 0 Å². The van der Waals surface area contributed by atoms with E-state index in [0.717, 1.165) is 11.3 Å². The second-order valence-corrected chi connectivity index (χ2v) is 5.44. The highest BCUT2D eigenvalue weighted by Gasteiger charge is 2.32. The van der Waals surface area contributed by atoms with Gasteiger partial charge >= 0.3 is 0 Å². The average Bonchev–Trinajstić information content (AvgIpc) is 2.42. The Hall–Kier alpha value is -1.59. The molecule has 1 aromatic rings. The molecule has 110 valence electrons. The van der Waals surface area contributed by atoms with Crippen LogP contribution in [0, 0.1) is 5.92 Å². The van der Waals surface area contributed by atoms with Crippen molar-refractivity contribution in [3.63, 3.8) is 0 Å². The Bertz CT molecular complexity index is 502. The number of nitrogens with two attached hydrogens (primary N) is 1. The van der Waals surface area contributed by atoms with Crippen molar-refractivity contribution >= 4 is 11.6 Å². The first-order chi connectivity index (χ1) is 9.45. The van der Waals surface area contributed by atoms with Gasteiger partial charge < -0.3 is 15.2 Å². The monoisotopic (exact) mass is 278 g/mol. The van der Waals surface area contributed by atoms with Crippen molar-refractivity contribution in [2.24, 2.45) is 11.7 Å². The van der Waals surface area contributed by atoms with Crippen LogP contribution in [0.2, 0.25) is 0 Å². The third-order valence-corrected chi connectivity index (χ3v) is 3.55. The van der Waals surface area contributed by atoms with Crippen LogP contribution < -0.4 is 15.4 Å². The largest absolute Gasteiger partial charge is 0.479 e. The van der Waals surface area contributed by atoms with Crippen LogP contribution in [0.3, 0.4) is 0 Å². The number of benzene rings is 1. The van der Waals surface area contributed by atoms with Gasteiger partial charge in [0, 0.05) is 13.2 Å². The summed E-state index contributed by atoms with van der Waals surface area (Å²) < 4.78 is 10.8. The van der Waals surface area contributed by atoms with Gasteiger partial charge in [-0.2, -0.15) is 0 Å². The summed E-state index contributed by atoms with van der Waals surface area (Å²) >= 11 is 0. The summed E-state index contributed by atoms with van der Waals surface area (Å²) in [6.45, 7) is 6.09. The first kappa shape index (κ1) is 14.8. The third kappa shape index (κ3) is 2.64. The molecule has 2 atom stereocenters. The molecule has 2 unspecified atom stereocenters. The fraction of sp³-hybridized carbons (Fsp3) is 0.533. The molecule has 0 saturated carbocycles. The van der Waals surface area contributed by atoms with E-state index in [-0.39, 0.29) is 18.7 Å². The summed E-state index contributed by atoms with van der Waals surface area (Å²) in [7, 11) is 1.57. The van der Waals surface area contributed by atoms with Crippen LogP contribution in [-0.4, -0.2) is 25.9 Å². The zero-order valence-corrected chi connectivity index (χ0v) is 12.4. The van der Waals surface area contributed by atoms with Gasteiger partial charge in [0.2, 0.25) is 0 Å². The van der Waals surface area contributed by atoms with Crippen molar-refractivity contribution in [1.82, 2.24) is 0 Å². The van der Waals surface area contributed by atoms with Crippen molar-refractivity contribution in [3.8, 4) is 5.75 Å². The fourth-order valence-electron chi connectivity index (χ4n) is 2.28. The standard InChI is InChI=1S/C15H22N2O3/c1-9(2)14(16)11-5-6-13-12(7-11)17(8-19-4)15(18)10(3)20-13/h5-7,9-10,14H,8,16H2,1-4H3. The van der Waals surface area contributed by atoms with Crippen molar-refractivity contribution in [2.45, 2.75) is 32.9 Å². The SMILES string of the molecule is COCN1C(=O)C(C)Oc2ccc(C(N)C(C)C)cc21. The predicted octanol–water partition coefficient (Wildman–Crippen LogP) is 2.06. The Morgan fingerprint density at radius 1 is 1.45 bits per heavy atom. The summed E-state index contributed by atoms with van der Waals surface area (Å²) in [5.41, 5.74) is 7.89. The van der Waals surface area contributed by atoms with E-state index in [1.165, 1.54) is 0 Å². The van der Waals surface area contributed by atoms with E-state index in [9.17, 15) is 4.79 Å². The molecule has 0 fully saturated rings. The second-order valence-electron chi connectivity index (χ2n) is 5.44. The van der Waals surface area contributed by atoms with Crippen molar-refractivity contribution in [3.05, 3.63) is 23.8 Å². The van der Waals surface area contributed by atoms with E-state index in [0.29, 0.717) is 11.7 Å². The maximum Gasteiger partial charge on any atom is 0.269 e. The number of amides is 1. The third-order valence-electron chi connectivity index (χ3n) is 3.55. The molecular formula is C15H22N2O3. The van der Waals surface area contributed by atoms with Crippen LogP contribution in [0.15, 0.2) is 18.2 Å². The van der Waals surface area contributed by atoms with Gasteiger partial charge in [0.05, 0.1) is 5.69 Å². The number of ether oxygens (including phenoxy) is 2. The summed E-state index contributed by atoms with van der Waals surface area (Å²) in [4.78, 5) is 13.8. The normalized spacial score (nSPS) is 19.8. The lowest BCUT2D eigenvalue weighted by Crippen LogP contribution is -2.45. The Kier molecular flexibility index (Phi) is 4.30. The number of hydrogen-bond acceptors (Lipinski definition) is 4. The number of nitrogens with zero attached hydrogens (tertiary/aromatic N) is 1. The fourth-order valence-corrected chi connectivity index (χ4v) is 2.28. The molecule has 0 bridgehead atoms. The molecule has 0 aromatic heterocycles. The number of carbonyl (C=O) groups is 1. The molecule has 1 aliphatic heterocycles.